The van der Waals surface area contributed by atoms with E-state index < -0.39 is 0 Å². The first-order chi connectivity index (χ1) is 11.7. The van der Waals surface area contributed by atoms with Crippen LogP contribution in [0.3, 0.4) is 0 Å². The highest BCUT2D eigenvalue weighted by molar-refractivity contribution is 5.81. The van der Waals surface area contributed by atoms with Gasteiger partial charge >= 0.3 is 0 Å². The molecular weight excluding hydrogens is 306 g/mol. The number of carbonyl (C=O) groups excluding carboxylic acids is 1. The summed E-state index contributed by atoms with van der Waals surface area (Å²) in [7, 11) is 0. The van der Waals surface area contributed by atoms with E-state index in [0.717, 1.165) is 43.4 Å². The Kier molecular flexibility index (Phi) is 4.22. The largest absolute Gasteiger partial charge is 0.487 e. The van der Waals surface area contributed by atoms with Crippen molar-refractivity contribution in [2.24, 2.45) is 0 Å². The molecule has 1 N–H and O–H groups in total. The van der Waals surface area contributed by atoms with Crippen molar-refractivity contribution in [3.05, 3.63) is 29.3 Å². The minimum atomic E-state index is -0.299. The zero-order valence-electron chi connectivity index (χ0n) is 14.2. The van der Waals surface area contributed by atoms with Gasteiger partial charge in [0.25, 0.3) is 0 Å². The standard InChI is InChI=1S/C19H25NO4/c1-13-4-5-16-14(11-13)15(20-18(21)17-3-2-8-23-17)12-19(24-16)6-9-22-10-7-19/h4-5,11,15,17H,2-3,6-10,12H2,1H3,(H,20,21)/t15-,17+/m1/s1. The highest BCUT2D eigenvalue weighted by atomic mass is 16.5. The van der Waals surface area contributed by atoms with Crippen LogP contribution in [0.4, 0.5) is 0 Å². The van der Waals surface area contributed by atoms with E-state index in [1.54, 1.807) is 0 Å². The monoisotopic (exact) mass is 331 g/mol. The van der Waals surface area contributed by atoms with Crippen molar-refractivity contribution in [3.63, 3.8) is 0 Å². The molecule has 24 heavy (non-hydrogen) atoms. The average Bonchev–Trinajstić information content (AvgIpc) is 3.11. The molecule has 5 heteroatoms. The molecule has 2 atom stereocenters. The summed E-state index contributed by atoms with van der Waals surface area (Å²) in [5, 5.41) is 3.23. The molecule has 1 spiro atoms. The normalized spacial score (nSPS) is 28.2. The predicted octanol–water partition coefficient (Wildman–Crippen LogP) is 2.66. The van der Waals surface area contributed by atoms with Crippen molar-refractivity contribution in [1.82, 2.24) is 5.32 Å². The molecule has 3 aliphatic heterocycles. The van der Waals surface area contributed by atoms with Crippen LogP contribution >= 0.6 is 0 Å². The number of hydrogen-bond acceptors (Lipinski definition) is 4. The fourth-order valence-corrected chi connectivity index (χ4v) is 4.02. The van der Waals surface area contributed by atoms with Crippen molar-refractivity contribution in [2.75, 3.05) is 19.8 Å². The lowest BCUT2D eigenvalue weighted by Gasteiger charge is -2.44. The first-order valence-corrected chi connectivity index (χ1v) is 8.95. The first kappa shape index (κ1) is 15.9. The van der Waals surface area contributed by atoms with Crippen molar-refractivity contribution >= 4 is 5.91 Å². The SMILES string of the molecule is Cc1ccc2c(c1)[C@H](NC(=O)[C@@H]1CCCO1)CC1(CCOCC1)O2. The number of fused-ring (bicyclic) bond motifs is 1. The van der Waals surface area contributed by atoms with Gasteiger partial charge in [0.15, 0.2) is 0 Å². The molecule has 4 rings (SSSR count). The molecule has 1 aromatic rings. The smallest absolute Gasteiger partial charge is 0.249 e. The molecule has 0 aromatic heterocycles. The van der Waals surface area contributed by atoms with E-state index in [1.807, 2.05) is 6.07 Å². The van der Waals surface area contributed by atoms with Gasteiger partial charge in [-0.25, -0.2) is 0 Å². The summed E-state index contributed by atoms with van der Waals surface area (Å²) in [5.41, 5.74) is 2.03. The van der Waals surface area contributed by atoms with Gasteiger partial charge in [-0.2, -0.15) is 0 Å². The Morgan fingerprint density at radius 2 is 2.08 bits per heavy atom. The average molecular weight is 331 g/mol. The van der Waals surface area contributed by atoms with Gasteiger partial charge in [0, 0.05) is 31.4 Å². The summed E-state index contributed by atoms with van der Waals surface area (Å²) < 4.78 is 17.4. The van der Waals surface area contributed by atoms with Crippen LogP contribution < -0.4 is 10.1 Å². The van der Waals surface area contributed by atoms with E-state index in [9.17, 15) is 4.79 Å². The summed E-state index contributed by atoms with van der Waals surface area (Å²) in [4.78, 5) is 12.6. The first-order valence-electron chi connectivity index (χ1n) is 8.95. The molecule has 1 aromatic carbocycles. The summed E-state index contributed by atoms with van der Waals surface area (Å²) in [6.07, 6.45) is 4.01. The molecule has 2 fully saturated rings. The molecule has 3 aliphatic rings. The molecule has 0 aliphatic carbocycles. The maximum Gasteiger partial charge on any atom is 0.249 e. The summed E-state index contributed by atoms with van der Waals surface area (Å²) in [6.45, 7) is 4.18. The fraction of sp³-hybridized carbons (Fsp3) is 0.632. The number of carbonyl (C=O) groups is 1. The lowest BCUT2D eigenvalue weighted by atomic mass is 9.81. The molecule has 1 amide bonds. The van der Waals surface area contributed by atoms with Crippen molar-refractivity contribution in [3.8, 4) is 5.75 Å². The quantitative estimate of drug-likeness (QED) is 0.905. The molecule has 5 nitrogen and oxygen atoms in total. The van der Waals surface area contributed by atoms with Crippen LogP contribution in [-0.4, -0.2) is 37.4 Å². The lowest BCUT2D eigenvalue weighted by Crippen LogP contribution is -2.49. The minimum Gasteiger partial charge on any atom is -0.487 e. The number of amides is 1. The van der Waals surface area contributed by atoms with Crippen LogP contribution in [0, 0.1) is 6.92 Å². The Balaban J connectivity index is 1.60. The van der Waals surface area contributed by atoms with Gasteiger partial charge in [0.05, 0.1) is 19.3 Å². The Labute approximate surface area is 142 Å². The summed E-state index contributed by atoms with van der Waals surface area (Å²) in [6, 6.07) is 6.20. The second-order valence-electron chi connectivity index (χ2n) is 7.21. The van der Waals surface area contributed by atoms with Crippen LogP contribution in [0.2, 0.25) is 0 Å². The molecule has 130 valence electrons. The van der Waals surface area contributed by atoms with Gasteiger partial charge in [-0.05, 0) is 25.8 Å². The maximum absolute atomic E-state index is 12.6. The van der Waals surface area contributed by atoms with Gasteiger partial charge in [-0.15, -0.1) is 0 Å². The zero-order chi connectivity index (χ0) is 16.6. The molecule has 0 radical (unpaired) electrons. The molecule has 0 unspecified atom stereocenters. The van der Waals surface area contributed by atoms with Crippen LogP contribution in [-0.2, 0) is 14.3 Å². The third kappa shape index (κ3) is 3.03. The third-order valence-electron chi connectivity index (χ3n) is 5.39. The second-order valence-corrected chi connectivity index (χ2v) is 7.21. The van der Waals surface area contributed by atoms with E-state index in [2.05, 4.69) is 24.4 Å². The number of benzene rings is 1. The molecule has 3 heterocycles. The van der Waals surface area contributed by atoms with Crippen LogP contribution in [0.5, 0.6) is 5.75 Å². The number of aryl methyl sites for hydroxylation is 1. The minimum absolute atomic E-state index is 0.00839. The fourth-order valence-electron chi connectivity index (χ4n) is 4.02. The van der Waals surface area contributed by atoms with Crippen LogP contribution in [0.1, 0.15) is 49.3 Å². The van der Waals surface area contributed by atoms with E-state index >= 15 is 0 Å². The highest BCUT2D eigenvalue weighted by Crippen LogP contribution is 2.44. The summed E-state index contributed by atoms with van der Waals surface area (Å²) in [5.74, 6) is 0.903. The Bertz CT molecular complexity index is 618. The summed E-state index contributed by atoms with van der Waals surface area (Å²) >= 11 is 0. The Morgan fingerprint density at radius 1 is 1.25 bits per heavy atom. The maximum atomic E-state index is 12.6. The number of hydrogen-bond donors (Lipinski definition) is 1. The van der Waals surface area contributed by atoms with E-state index in [4.69, 9.17) is 14.2 Å². The lowest BCUT2D eigenvalue weighted by molar-refractivity contribution is -0.132. The Morgan fingerprint density at radius 3 is 2.83 bits per heavy atom. The highest BCUT2D eigenvalue weighted by Gasteiger charge is 2.43. The zero-order valence-corrected chi connectivity index (χ0v) is 14.2. The van der Waals surface area contributed by atoms with Crippen molar-refractivity contribution in [1.29, 1.82) is 0 Å². The topological polar surface area (TPSA) is 56.8 Å². The van der Waals surface area contributed by atoms with E-state index in [1.165, 1.54) is 5.56 Å². The molecule has 2 saturated heterocycles. The number of rotatable bonds is 2. The third-order valence-corrected chi connectivity index (χ3v) is 5.39. The molecule has 0 saturated carbocycles. The van der Waals surface area contributed by atoms with Gasteiger partial charge in [0.2, 0.25) is 5.91 Å². The van der Waals surface area contributed by atoms with Gasteiger partial charge in [-0.3, -0.25) is 4.79 Å². The number of ether oxygens (including phenoxy) is 3. The Hall–Kier alpha value is -1.59. The van der Waals surface area contributed by atoms with Crippen LogP contribution in [0.25, 0.3) is 0 Å². The van der Waals surface area contributed by atoms with Crippen LogP contribution in [0.15, 0.2) is 18.2 Å². The van der Waals surface area contributed by atoms with E-state index in [-0.39, 0.29) is 23.7 Å². The van der Waals surface area contributed by atoms with Gasteiger partial charge in [0.1, 0.15) is 17.5 Å². The molecular formula is C19H25NO4. The van der Waals surface area contributed by atoms with E-state index in [0.29, 0.717) is 19.8 Å². The van der Waals surface area contributed by atoms with Gasteiger partial charge < -0.3 is 19.5 Å². The predicted molar refractivity (Wildman–Crippen MR) is 89.1 cm³/mol. The number of nitrogens with one attached hydrogen (secondary N) is 1. The molecule has 0 bridgehead atoms. The van der Waals surface area contributed by atoms with Gasteiger partial charge in [-0.1, -0.05) is 17.7 Å². The van der Waals surface area contributed by atoms with Crippen molar-refractivity contribution in [2.45, 2.75) is 56.8 Å². The van der Waals surface area contributed by atoms with Crippen molar-refractivity contribution < 1.29 is 19.0 Å². The second kappa shape index (κ2) is 6.37.